The Morgan fingerprint density at radius 1 is 1.40 bits per heavy atom. The molecule has 25 heavy (non-hydrogen) atoms. The van der Waals surface area contributed by atoms with E-state index in [0.29, 0.717) is 19.2 Å². The van der Waals surface area contributed by atoms with E-state index in [4.69, 9.17) is 4.74 Å². The molecular weight excluding hydrogens is 336 g/mol. The maximum atomic E-state index is 13.6. The van der Waals surface area contributed by atoms with Crippen LogP contribution in [0.25, 0.3) is 0 Å². The summed E-state index contributed by atoms with van der Waals surface area (Å²) in [6.07, 6.45) is 1.11. The zero-order valence-corrected chi connectivity index (χ0v) is 13.0. The lowest BCUT2D eigenvalue weighted by molar-refractivity contribution is -0.118. The van der Waals surface area contributed by atoms with Crippen LogP contribution in [0.1, 0.15) is 17.0 Å². The number of rotatable bonds is 4. The van der Waals surface area contributed by atoms with Crippen molar-refractivity contribution >= 4 is 17.5 Å². The van der Waals surface area contributed by atoms with Gasteiger partial charge in [0.25, 0.3) is 5.91 Å². The quantitative estimate of drug-likeness (QED) is 0.854. The minimum atomic E-state index is -0.872. The fourth-order valence-corrected chi connectivity index (χ4v) is 2.54. The summed E-state index contributed by atoms with van der Waals surface area (Å²) >= 11 is 0. The minimum absolute atomic E-state index is 0.0666. The van der Waals surface area contributed by atoms with E-state index in [1.54, 1.807) is 0 Å². The van der Waals surface area contributed by atoms with Crippen LogP contribution in [0.15, 0.2) is 24.5 Å². The van der Waals surface area contributed by atoms with E-state index >= 15 is 0 Å². The van der Waals surface area contributed by atoms with Crippen LogP contribution in [-0.4, -0.2) is 57.7 Å². The molecule has 2 amide bonds. The molecule has 1 saturated heterocycles. The Morgan fingerprint density at radius 3 is 2.96 bits per heavy atom. The molecule has 3 rings (SSSR count). The Bertz CT molecular complexity index is 769. The maximum Gasteiger partial charge on any atom is 0.291 e. The fraction of sp³-hybridized carbons (Fsp3) is 0.333. The number of amides is 2. The number of ether oxygens (including phenoxy) is 1. The number of hydrogen-bond donors (Lipinski definition) is 2. The first-order valence-electron chi connectivity index (χ1n) is 7.53. The summed E-state index contributed by atoms with van der Waals surface area (Å²) in [4.78, 5) is 29.8. The number of morpholine rings is 1. The lowest BCUT2D eigenvalue weighted by atomic mass is 10.1. The predicted molar refractivity (Wildman–Crippen MR) is 81.6 cm³/mol. The molecule has 1 fully saturated rings. The summed E-state index contributed by atoms with van der Waals surface area (Å²) in [7, 11) is 0. The summed E-state index contributed by atoms with van der Waals surface area (Å²) in [6.45, 7) is 0.798. The summed E-state index contributed by atoms with van der Waals surface area (Å²) in [5.41, 5.74) is -0.128. The highest BCUT2D eigenvalue weighted by Gasteiger charge is 2.31. The van der Waals surface area contributed by atoms with E-state index in [-0.39, 0.29) is 24.5 Å². The Labute approximate surface area is 141 Å². The molecule has 1 aromatic heterocycles. The Morgan fingerprint density at radius 2 is 2.24 bits per heavy atom. The highest BCUT2D eigenvalue weighted by molar-refractivity contribution is 5.93. The number of aromatic nitrogens is 3. The van der Waals surface area contributed by atoms with Crippen molar-refractivity contribution in [3.8, 4) is 0 Å². The minimum Gasteiger partial charge on any atom is -0.377 e. The number of carbonyl (C=O) groups is 2. The SMILES string of the molecule is O=C(C[C@H]1COCCN1C(=O)c1ncn[nH]1)Nc1ccc(F)cc1F. The molecule has 0 radical (unpaired) electrons. The van der Waals surface area contributed by atoms with E-state index in [9.17, 15) is 18.4 Å². The number of aromatic amines is 1. The van der Waals surface area contributed by atoms with Crippen LogP contribution in [0.4, 0.5) is 14.5 Å². The van der Waals surface area contributed by atoms with Crippen LogP contribution in [0.5, 0.6) is 0 Å². The molecule has 1 atom stereocenters. The van der Waals surface area contributed by atoms with Crippen molar-refractivity contribution in [1.82, 2.24) is 20.1 Å². The van der Waals surface area contributed by atoms with Crippen molar-refractivity contribution in [2.24, 2.45) is 0 Å². The molecule has 0 unspecified atom stereocenters. The second kappa shape index (κ2) is 7.34. The molecule has 0 bridgehead atoms. The van der Waals surface area contributed by atoms with Crippen molar-refractivity contribution in [2.75, 3.05) is 25.1 Å². The standard InChI is InChI=1S/C15H15F2N5O3/c16-9-1-2-12(11(17)5-9)20-13(23)6-10-7-25-4-3-22(10)15(24)14-18-8-19-21-14/h1-2,5,8,10H,3-4,6-7H2,(H,20,23)(H,18,19,21)/t10-/m0/s1. The second-order valence-electron chi connectivity index (χ2n) is 5.44. The Kier molecular flexibility index (Phi) is 4.98. The molecule has 8 nitrogen and oxygen atoms in total. The number of nitrogens with zero attached hydrogens (tertiary/aromatic N) is 3. The van der Waals surface area contributed by atoms with Gasteiger partial charge in [-0.25, -0.2) is 13.8 Å². The number of benzene rings is 1. The molecule has 132 valence electrons. The van der Waals surface area contributed by atoms with E-state index in [2.05, 4.69) is 20.5 Å². The highest BCUT2D eigenvalue weighted by Crippen LogP contribution is 2.17. The van der Waals surface area contributed by atoms with Crippen LogP contribution in [0.3, 0.4) is 0 Å². The summed E-state index contributed by atoms with van der Waals surface area (Å²) < 4.78 is 31.8. The number of nitrogens with one attached hydrogen (secondary N) is 2. The van der Waals surface area contributed by atoms with Crippen molar-refractivity contribution in [3.05, 3.63) is 42.0 Å². The number of halogens is 2. The normalized spacial score (nSPS) is 17.4. The zero-order chi connectivity index (χ0) is 17.8. The Hall–Kier alpha value is -2.88. The molecule has 0 saturated carbocycles. The van der Waals surface area contributed by atoms with Gasteiger partial charge in [-0.1, -0.05) is 0 Å². The number of anilines is 1. The maximum absolute atomic E-state index is 13.6. The third-order valence-corrected chi connectivity index (χ3v) is 3.73. The lowest BCUT2D eigenvalue weighted by Crippen LogP contribution is -2.50. The average molecular weight is 351 g/mol. The van der Waals surface area contributed by atoms with E-state index in [0.717, 1.165) is 12.1 Å². The summed E-state index contributed by atoms with van der Waals surface area (Å²) in [6, 6.07) is 2.33. The van der Waals surface area contributed by atoms with Gasteiger partial charge in [0, 0.05) is 19.0 Å². The van der Waals surface area contributed by atoms with Gasteiger partial charge < -0.3 is 15.0 Å². The molecular formula is C15H15F2N5O3. The van der Waals surface area contributed by atoms with Gasteiger partial charge in [0.1, 0.15) is 18.0 Å². The van der Waals surface area contributed by atoms with Crippen molar-refractivity contribution in [3.63, 3.8) is 0 Å². The van der Waals surface area contributed by atoms with Gasteiger partial charge in [-0.15, -0.1) is 0 Å². The van der Waals surface area contributed by atoms with Gasteiger partial charge in [-0.2, -0.15) is 5.10 Å². The van der Waals surface area contributed by atoms with Crippen LogP contribution < -0.4 is 5.32 Å². The molecule has 2 heterocycles. The average Bonchev–Trinajstić information content (AvgIpc) is 3.12. The topological polar surface area (TPSA) is 100 Å². The molecule has 1 aliphatic rings. The third-order valence-electron chi connectivity index (χ3n) is 3.73. The zero-order valence-electron chi connectivity index (χ0n) is 13.0. The molecule has 10 heteroatoms. The molecule has 0 aliphatic carbocycles. The first-order valence-corrected chi connectivity index (χ1v) is 7.53. The number of H-pyrrole nitrogens is 1. The Balaban J connectivity index is 1.66. The second-order valence-corrected chi connectivity index (χ2v) is 5.44. The van der Waals surface area contributed by atoms with Crippen molar-refractivity contribution in [1.29, 1.82) is 0 Å². The monoisotopic (exact) mass is 351 g/mol. The lowest BCUT2D eigenvalue weighted by Gasteiger charge is -2.34. The van der Waals surface area contributed by atoms with Crippen LogP contribution in [0.2, 0.25) is 0 Å². The van der Waals surface area contributed by atoms with Gasteiger partial charge in [0.05, 0.1) is 24.9 Å². The number of carbonyl (C=O) groups excluding carboxylic acids is 2. The van der Waals surface area contributed by atoms with Crippen LogP contribution in [0, 0.1) is 11.6 Å². The van der Waals surface area contributed by atoms with Crippen LogP contribution >= 0.6 is 0 Å². The summed E-state index contributed by atoms with van der Waals surface area (Å²) in [5, 5.41) is 8.48. The molecule has 2 N–H and O–H groups in total. The largest absolute Gasteiger partial charge is 0.377 e. The van der Waals surface area contributed by atoms with Gasteiger partial charge in [0.2, 0.25) is 11.7 Å². The summed E-state index contributed by atoms with van der Waals surface area (Å²) in [5.74, 6) is -2.46. The smallest absolute Gasteiger partial charge is 0.291 e. The predicted octanol–water partition coefficient (Wildman–Crippen LogP) is 0.953. The first-order chi connectivity index (χ1) is 12.0. The molecule has 1 aliphatic heterocycles. The van der Waals surface area contributed by atoms with Gasteiger partial charge in [0.15, 0.2) is 0 Å². The number of hydrogen-bond acceptors (Lipinski definition) is 5. The third kappa shape index (κ3) is 3.97. The first kappa shape index (κ1) is 17.0. The molecule has 0 spiro atoms. The van der Waals surface area contributed by atoms with E-state index < -0.39 is 29.5 Å². The van der Waals surface area contributed by atoms with E-state index in [1.165, 1.54) is 11.2 Å². The molecule has 1 aromatic carbocycles. The van der Waals surface area contributed by atoms with Crippen molar-refractivity contribution < 1.29 is 23.1 Å². The fourth-order valence-electron chi connectivity index (χ4n) is 2.54. The van der Waals surface area contributed by atoms with Gasteiger partial charge in [-0.3, -0.25) is 14.7 Å². The van der Waals surface area contributed by atoms with Gasteiger partial charge >= 0.3 is 0 Å². The molecule has 2 aromatic rings. The van der Waals surface area contributed by atoms with Crippen molar-refractivity contribution in [2.45, 2.75) is 12.5 Å². The van der Waals surface area contributed by atoms with Crippen LogP contribution in [-0.2, 0) is 9.53 Å². The highest BCUT2D eigenvalue weighted by atomic mass is 19.1. The van der Waals surface area contributed by atoms with Gasteiger partial charge in [-0.05, 0) is 12.1 Å². The van der Waals surface area contributed by atoms with E-state index in [1.807, 2.05) is 0 Å².